The van der Waals surface area contributed by atoms with Crippen molar-refractivity contribution >= 4 is 0 Å². The van der Waals surface area contributed by atoms with Gasteiger partial charge in [-0.15, -0.1) is 0 Å². The van der Waals surface area contributed by atoms with Gasteiger partial charge in [0, 0.05) is 12.1 Å². The fourth-order valence-corrected chi connectivity index (χ4v) is 2.75. The van der Waals surface area contributed by atoms with Crippen LogP contribution in [0.4, 0.5) is 0 Å². The number of nitrogens with two attached hydrogens (primary N) is 1. The first-order valence-corrected chi connectivity index (χ1v) is 6.77. The fraction of sp³-hybridized carbons (Fsp3) is 1.00. The molecular formula is C13H25NO2. The van der Waals surface area contributed by atoms with Crippen molar-refractivity contribution in [3.63, 3.8) is 0 Å². The number of ether oxygens (including phenoxy) is 2. The van der Waals surface area contributed by atoms with E-state index in [1.54, 1.807) is 0 Å². The summed E-state index contributed by atoms with van der Waals surface area (Å²) in [6.07, 6.45) is 10.1. The molecule has 3 heteroatoms. The average Bonchev–Trinajstić information content (AvgIpc) is 2.68. The second-order valence-electron chi connectivity index (χ2n) is 5.43. The lowest BCUT2D eigenvalue weighted by Gasteiger charge is -2.28. The smallest absolute Gasteiger partial charge is 0.0809 e. The highest BCUT2D eigenvalue weighted by molar-refractivity contribution is 4.86. The van der Waals surface area contributed by atoms with Crippen LogP contribution in [0.25, 0.3) is 0 Å². The van der Waals surface area contributed by atoms with E-state index in [0.717, 1.165) is 32.5 Å². The first kappa shape index (κ1) is 12.3. The van der Waals surface area contributed by atoms with E-state index in [1.165, 1.54) is 32.1 Å². The SMILES string of the molecule is NC1(COCC2CCCO2)CCCCCC1. The lowest BCUT2D eigenvalue weighted by molar-refractivity contribution is -0.00209. The second kappa shape index (κ2) is 5.99. The standard InChI is InChI=1S/C13H25NO2/c14-13(7-3-1-2-4-8-13)11-15-10-12-6-5-9-16-12/h12H,1-11,14H2. The summed E-state index contributed by atoms with van der Waals surface area (Å²) in [5.41, 5.74) is 6.32. The Kier molecular flexibility index (Phi) is 4.62. The van der Waals surface area contributed by atoms with E-state index in [9.17, 15) is 0 Å². The second-order valence-corrected chi connectivity index (χ2v) is 5.43. The van der Waals surface area contributed by atoms with Gasteiger partial charge in [-0.3, -0.25) is 0 Å². The highest BCUT2D eigenvalue weighted by Gasteiger charge is 2.27. The first-order valence-electron chi connectivity index (χ1n) is 6.77. The van der Waals surface area contributed by atoms with Crippen LogP contribution in [0.2, 0.25) is 0 Å². The van der Waals surface area contributed by atoms with Gasteiger partial charge in [-0.25, -0.2) is 0 Å². The Bertz CT molecular complexity index is 194. The molecule has 1 heterocycles. The summed E-state index contributed by atoms with van der Waals surface area (Å²) in [5, 5.41) is 0. The van der Waals surface area contributed by atoms with Crippen LogP contribution in [0, 0.1) is 0 Å². The zero-order chi connectivity index (χ0) is 11.3. The van der Waals surface area contributed by atoms with Crippen molar-refractivity contribution in [1.82, 2.24) is 0 Å². The van der Waals surface area contributed by atoms with Crippen molar-refractivity contribution in [2.24, 2.45) is 5.73 Å². The Hall–Kier alpha value is -0.120. The topological polar surface area (TPSA) is 44.5 Å². The molecule has 2 aliphatic rings. The molecule has 2 fully saturated rings. The van der Waals surface area contributed by atoms with Gasteiger partial charge in [-0.2, -0.15) is 0 Å². The van der Waals surface area contributed by atoms with Gasteiger partial charge in [0.2, 0.25) is 0 Å². The summed E-state index contributed by atoms with van der Waals surface area (Å²) in [4.78, 5) is 0. The van der Waals surface area contributed by atoms with E-state index in [2.05, 4.69) is 0 Å². The van der Waals surface area contributed by atoms with E-state index in [4.69, 9.17) is 15.2 Å². The van der Waals surface area contributed by atoms with Gasteiger partial charge in [-0.05, 0) is 25.7 Å². The van der Waals surface area contributed by atoms with Crippen LogP contribution in [0.5, 0.6) is 0 Å². The number of hydrogen-bond donors (Lipinski definition) is 1. The largest absolute Gasteiger partial charge is 0.377 e. The van der Waals surface area contributed by atoms with Crippen LogP contribution < -0.4 is 5.73 Å². The molecule has 2 rings (SSSR count). The molecule has 16 heavy (non-hydrogen) atoms. The molecular weight excluding hydrogens is 202 g/mol. The lowest BCUT2D eigenvalue weighted by Crippen LogP contribution is -2.44. The molecule has 3 nitrogen and oxygen atoms in total. The van der Waals surface area contributed by atoms with E-state index in [-0.39, 0.29) is 5.54 Å². The molecule has 0 aromatic heterocycles. The third-order valence-corrected chi connectivity index (χ3v) is 3.82. The van der Waals surface area contributed by atoms with Crippen molar-refractivity contribution in [2.45, 2.75) is 63.0 Å². The zero-order valence-corrected chi connectivity index (χ0v) is 10.2. The van der Waals surface area contributed by atoms with E-state index in [1.807, 2.05) is 0 Å². The van der Waals surface area contributed by atoms with Gasteiger partial charge in [0.05, 0.1) is 19.3 Å². The third-order valence-electron chi connectivity index (χ3n) is 3.82. The molecule has 0 spiro atoms. The maximum Gasteiger partial charge on any atom is 0.0809 e. The van der Waals surface area contributed by atoms with Crippen molar-refractivity contribution in [3.05, 3.63) is 0 Å². The molecule has 1 aliphatic carbocycles. The van der Waals surface area contributed by atoms with Gasteiger partial charge >= 0.3 is 0 Å². The summed E-state index contributed by atoms with van der Waals surface area (Å²) in [7, 11) is 0. The van der Waals surface area contributed by atoms with Crippen molar-refractivity contribution in [1.29, 1.82) is 0 Å². The quantitative estimate of drug-likeness (QED) is 0.749. The summed E-state index contributed by atoms with van der Waals surface area (Å²) in [6, 6.07) is 0. The predicted molar refractivity (Wildman–Crippen MR) is 64.4 cm³/mol. The maximum absolute atomic E-state index is 6.38. The Labute approximate surface area is 98.7 Å². The number of rotatable bonds is 4. The molecule has 1 saturated carbocycles. The maximum atomic E-state index is 6.38. The van der Waals surface area contributed by atoms with Gasteiger partial charge < -0.3 is 15.2 Å². The van der Waals surface area contributed by atoms with Crippen LogP contribution >= 0.6 is 0 Å². The Morgan fingerprint density at radius 2 is 1.88 bits per heavy atom. The highest BCUT2D eigenvalue weighted by atomic mass is 16.5. The Balaban J connectivity index is 1.66. The molecule has 2 N–H and O–H groups in total. The van der Waals surface area contributed by atoms with Crippen LogP contribution in [-0.4, -0.2) is 31.5 Å². The summed E-state index contributed by atoms with van der Waals surface area (Å²) >= 11 is 0. The highest BCUT2D eigenvalue weighted by Crippen LogP contribution is 2.25. The van der Waals surface area contributed by atoms with Crippen LogP contribution in [0.3, 0.4) is 0 Å². The minimum atomic E-state index is -0.0604. The molecule has 0 bridgehead atoms. The average molecular weight is 227 g/mol. The molecule has 1 unspecified atom stereocenters. The molecule has 0 aromatic carbocycles. The van der Waals surface area contributed by atoms with E-state index < -0.39 is 0 Å². The summed E-state index contributed by atoms with van der Waals surface area (Å²) in [6.45, 7) is 2.35. The minimum absolute atomic E-state index is 0.0604. The van der Waals surface area contributed by atoms with E-state index in [0.29, 0.717) is 12.7 Å². The fourth-order valence-electron chi connectivity index (χ4n) is 2.75. The first-order chi connectivity index (χ1) is 7.79. The Morgan fingerprint density at radius 3 is 2.50 bits per heavy atom. The number of hydrogen-bond acceptors (Lipinski definition) is 3. The van der Waals surface area contributed by atoms with Crippen LogP contribution in [0.15, 0.2) is 0 Å². The van der Waals surface area contributed by atoms with Crippen molar-refractivity contribution < 1.29 is 9.47 Å². The Morgan fingerprint density at radius 1 is 1.12 bits per heavy atom. The van der Waals surface area contributed by atoms with Gasteiger partial charge in [0.1, 0.15) is 0 Å². The molecule has 0 aromatic rings. The van der Waals surface area contributed by atoms with Crippen LogP contribution in [0.1, 0.15) is 51.4 Å². The zero-order valence-electron chi connectivity index (χ0n) is 10.2. The van der Waals surface area contributed by atoms with Gasteiger partial charge in [-0.1, -0.05) is 25.7 Å². The molecule has 0 radical (unpaired) electrons. The molecule has 1 atom stereocenters. The van der Waals surface area contributed by atoms with Gasteiger partial charge in [0.25, 0.3) is 0 Å². The summed E-state index contributed by atoms with van der Waals surface area (Å²) in [5.74, 6) is 0. The van der Waals surface area contributed by atoms with Crippen molar-refractivity contribution in [2.75, 3.05) is 19.8 Å². The monoisotopic (exact) mass is 227 g/mol. The van der Waals surface area contributed by atoms with E-state index >= 15 is 0 Å². The van der Waals surface area contributed by atoms with Gasteiger partial charge in [0.15, 0.2) is 0 Å². The molecule has 94 valence electrons. The third kappa shape index (κ3) is 3.72. The minimum Gasteiger partial charge on any atom is -0.377 e. The molecule has 0 amide bonds. The van der Waals surface area contributed by atoms with Crippen LogP contribution in [-0.2, 0) is 9.47 Å². The van der Waals surface area contributed by atoms with Crippen molar-refractivity contribution in [3.8, 4) is 0 Å². The predicted octanol–water partition coefficient (Wildman–Crippen LogP) is 2.23. The lowest BCUT2D eigenvalue weighted by atomic mass is 9.93. The molecule has 1 saturated heterocycles. The normalized spacial score (nSPS) is 30.2. The summed E-state index contributed by atoms with van der Waals surface area (Å²) < 4.78 is 11.3. The molecule has 1 aliphatic heterocycles.